The van der Waals surface area contributed by atoms with Crippen LogP contribution in [0, 0.1) is 24.2 Å². The Morgan fingerprint density at radius 3 is 2.58 bits per heavy atom. The molecule has 0 saturated heterocycles. The minimum absolute atomic E-state index is 0.102. The number of H-pyrrole nitrogens is 1. The lowest BCUT2D eigenvalue weighted by Gasteiger charge is -2.20. The van der Waals surface area contributed by atoms with Gasteiger partial charge in [0.2, 0.25) is 11.9 Å². The number of hydrogen-bond acceptors (Lipinski definition) is 5. The lowest BCUT2D eigenvalue weighted by molar-refractivity contribution is -0.119. The largest absolute Gasteiger partial charge is 0.277 e. The van der Waals surface area contributed by atoms with Gasteiger partial charge in [-0.05, 0) is 43.4 Å². The number of nitrogens with zero attached hydrogens (tertiary/aromatic N) is 5. The van der Waals surface area contributed by atoms with Crippen LogP contribution in [0.5, 0.6) is 0 Å². The molecule has 3 rings (SSSR count). The van der Waals surface area contributed by atoms with Crippen LogP contribution in [0.25, 0.3) is 5.78 Å². The van der Waals surface area contributed by atoms with Crippen molar-refractivity contribution in [1.82, 2.24) is 19.6 Å². The van der Waals surface area contributed by atoms with Gasteiger partial charge in [-0.1, -0.05) is 39.3 Å². The number of nitriles is 1. The van der Waals surface area contributed by atoms with Crippen LogP contribution in [0.1, 0.15) is 62.4 Å². The van der Waals surface area contributed by atoms with Crippen molar-refractivity contribution in [2.45, 2.75) is 59.9 Å². The highest BCUT2D eigenvalue weighted by atomic mass is 16.2. The van der Waals surface area contributed by atoms with E-state index in [4.69, 9.17) is 5.26 Å². The molecule has 31 heavy (non-hydrogen) atoms. The van der Waals surface area contributed by atoms with E-state index in [0.717, 1.165) is 18.4 Å². The third-order valence-corrected chi connectivity index (χ3v) is 5.13. The first-order valence-corrected chi connectivity index (χ1v) is 10.6. The van der Waals surface area contributed by atoms with E-state index in [2.05, 4.69) is 28.1 Å². The summed E-state index contributed by atoms with van der Waals surface area (Å²) in [4.78, 5) is 36.5. The van der Waals surface area contributed by atoms with Crippen molar-refractivity contribution < 1.29 is 4.79 Å². The molecular formula is C23H28N6O2. The minimum atomic E-state index is -0.177. The number of fused-ring (bicyclic) bond motifs is 1. The van der Waals surface area contributed by atoms with Crippen LogP contribution in [0.15, 0.2) is 29.1 Å². The monoisotopic (exact) mass is 420 g/mol. The van der Waals surface area contributed by atoms with Crippen molar-refractivity contribution in [3.63, 3.8) is 0 Å². The average molecular weight is 421 g/mol. The molecule has 0 aliphatic heterocycles. The molecule has 1 aromatic carbocycles. The highest BCUT2D eigenvalue weighted by Gasteiger charge is 2.22. The summed E-state index contributed by atoms with van der Waals surface area (Å²) in [6.45, 7) is 8.12. The Balaban J connectivity index is 2.03. The number of carbonyl (C=O) groups excluding carboxylic acids is 1. The molecule has 2 aromatic heterocycles. The molecule has 1 N–H and O–H groups in total. The van der Waals surface area contributed by atoms with Gasteiger partial charge in [0.05, 0.1) is 23.9 Å². The highest BCUT2D eigenvalue weighted by Crippen LogP contribution is 2.18. The van der Waals surface area contributed by atoms with E-state index < -0.39 is 0 Å². The molecule has 0 radical (unpaired) electrons. The molecule has 1 amide bonds. The number of amides is 1. The van der Waals surface area contributed by atoms with Crippen LogP contribution in [-0.4, -0.2) is 25.5 Å². The summed E-state index contributed by atoms with van der Waals surface area (Å²) in [5, 5.41) is 12.0. The van der Waals surface area contributed by atoms with Crippen molar-refractivity contribution in [1.29, 1.82) is 5.26 Å². The Labute approximate surface area is 181 Å². The van der Waals surface area contributed by atoms with Gasteiger partial charge in [-0.25, -0.2) is 4.98 Å². The van der Waals surface area contributed by atoms with E-state index in [1.807, 2.05) is 32.9 Å². The van der Waals surface area contributed by atoms with Crippen LogP contribution in [-0.2, 0) is 17.8 Å². The molecule has 0 aliphatic rings. The number of benzene rings is 1. The number of nitrogens with one attached hydrogen (secondary N) is 1. The molecule has 0 unspecified atom stereocenters. The van der Waals surface area contributed by atoms with E-state index in [1.165, 1.54) is 9.42 Å². The van der Waals surface area contributed by atoms with Gasteiger partial charge in [-0.2, -0.15) is 14.8 Å². The molecule has 0 atom stereocenters. The first-order valence-electron chi connectivity index (χ1n) is 10.6. The van der Waals surface area contributed by atoms with Crippen LogP contribution in [0.4, 0.5) is 5.95 Å². The van der Waals surface area contributed by atoms with Crippen molar-refractivity contribution in [3.8, 4) is 6.07 Å². The molecular weight excluding hydrogens is 392 g/mol. The number of aromatic nitrogens is 4. The Hall–Kier alpha value is -3.47. The quantitative estimate of drug-likeness (QED) is 0.600. The lowest BCUT2D eigenvalue weighted by atomic mass is 10.1. The zero-order valence-corrected chi connectivity index (χ0v) is 18.5. The van der Waals surface area contributed by atoms with E-state index in [0.29, 0.717) is 29.7 Å². The second kappa shape index (κ2) is 9.56. The van der Waals surface area contributed by atoms with Crippen molar-refractivity contribution in [3.05, 3.63) is 57.0 Å². The number of rotatable bonds is 8. The maximum absolute atomic E-state index is 13.0. The Bertz CT molecular complexity index is 1170. The number of hydrogen-bond donors (Lipinski definition) is 1. The summed E-state index contributed by atoms with van der Waals surface area (Å²) in [5.41, 5.74) is 2.57. The standard InChI is InChI=1S/C23H28N6O2/c1-5-6-7-19-16(4)25-22-26-23(27-29(22)21(19)31)28(20(30)12-15(2)3)14-18-10-8-17(13-24)9-11-18/h8-11,15H,5-7,12,14H2,1-4H3,(H,25,26,27). The molecule has 2 heterocycles. The molecule has 162 valence electrons. The van der Waals surface area contributed by atoms with Gasteiger partial charge in [-0.15, -0.1) is 0 Å². The van der Waals surface area contributed by atoms with E-state index in [1.54, 1.807) is 12.1 Å². The van der Waals surface area contributed by atoms with E-state index in [-0.39, 0.29) is 35.7 Å². The summed E-state index contributed by atoms with van der Waals surface area (Å²) in [6.07, 6.45) is 2.89. The second-order valence-corrected chi connectivity index (χ2v) is 8.15. The smallest absolute Gasteiger partial charge is 0.277 e. The summed E-state index contributed by atoms with van der Waals surface area (Å²) >= 11 is 0. The molecule has 8 nitrogen and oxygen atoms in total. The molecule has 0 aliphatic carbocycles. The van der Waals surface area contributed by atoms with Crippen LogP contribution >= 0.6 is 0 Å². The second-order valence-electron chi connectivity index (χ2n) is 8.15. The van der Waals surface area contributed by atoms with Gasteiger partial charge in [0.1, 0.15) is 0 Å². The SMILES string of the molecule is CCCCc1c(C)nc2nc(N(Cc3ccc(C#N)cc3)C(=O)CC(C)C)[nH]n2c1=O. The third kappa shape index (κ3) is 5.00. The highest BCUT2D eigenvalue weighted by molar-refractivity contribution is 5.91. The maximum Gasteiger partial charge on any atom is 0.277 e. The number of aryl methyl sites for hydroxylation is 1. The Morgan fingerprint density at radius 1 is 1.26 bits per heavy atom. The fourth-order valence-electron chi connectivity index (χ4n) is 3.41. The maximum atomic E-state index is 13.0. The third-order valence-electron chi connectivity index (χ3n) is 5.13. The number of carbonyl (C=O) groups is 1. The molecule has 0 spiro atoms. The fraction of sp³-hybridized carbons (Fsp3) is 0.435. The van der Waals surface area contributed by atoms with Gasteiger partial charge < -0.3 is 0 Å². The van der Waals surface area contributed by atoms with E-state index >= 15 is 0 Å². The minimum Gasteiger partial charge on any atom is -0.277 e. The topological polar surface area (TPSA) is 107 Å². The zero-order valence-electron chi connectivity index (χ0n) is 18.5. The summed E-state index contributed by atoms with van der Waals surface area (Å²) in [6, 6.07) is 9.15. The lowest BCUT2D eigenvalue weighted by Crippen LogP contribution is -2.32. The Morgan fingerprint density at radius 2 is 1.97 bits per heavy atom. The summed E-state index contributed by atoms with van der Waals surface area (Å²) in [7, 11) is 0. The van der Waals surface area contributed by atoms with Gasteiger partial charge in [0.25, 0.3) is 11.3 Å². The Kier molecular flexibility index (Phi) is 6.85. The predicted molar refractivity (Wildman–Crippen MR) is 119 cm³/mol. The van der Waals surface area contributed by atoms with Crippen molar-refractivity contribution in [2.24, 2.45) is 5.92 Å². The van der Waals surface area contributed by atoms with Gasteiger partial charge in [0.15, 0.2) is 0 Å². The van der Waals surface area contributed by atoms with Crippen molar-refractivity contribution in [2.75, 3.05) is 4.90 Å². The van der Waals surface area contributed by atoms with Gasteiger partial charge in [0, 0.05) is 12.0 Å². The van der Waals surface area contributed by atoms with Crippen LogP contribution in [0.2, 0.25) is 0 Å². The predicted octanol–water partition coefficient (Wildman–Crippen LogP) is 3.52. The van der Waals surface area contributed by atoms with Crippen LogP contribution < -0.4 is 10.5 Å². The fourth-order valence-corrected chi connectivity index (χ4v) is 3.41. The molecule has 8 heteroatoms. The molecule has 0 fully saturated rings. The van der Waals surface area contributed by atoms with Gasteiger partial charge in [-0.3, -0.25) is 19.6 Å². The average Bonchev–Trinajstić information content (AvgIpc) is 3.15. The summed E-state index contributed by atoms with van der Waals surface area (Å²) < 4.78 is 1.32. The van der Waals surface area contributed by atoms with Crippen molar-refractivity contribution >= 4 is 17.6 Å². The first kappa shape index (κ1) is 22.2. The first-order chi connectivity index (χ1) is 14.8. The zero-order chi connectivity index (χ0) is 22.5. The van der Waals surface area contributed by atoms with Crippen LogP contribution in [0.3, 0.4) is 0 Å². The van der Waals surface area contributed by atoms with E-state index in [9.17, 15) is 9.59 Å². The molecule has 3 aromatic rings. The number of aromatic amines is 1. The van der Waals surface area contributed by atoms with Gasteiger partial charge >= 0.3 is 0 Å². The molecule has 0 saturated carbocycles. The number of unbranched alkanes of at least 4 members (excludes halogenated alkanes) is 1. The summed E-state index contributed by atoms with van der Waals surface area (Å²) in [5.74, 6) is 0.602. The normalized spacial score (nSPS) is 11.1. The number of anilines is 1. The molecule has 0 bridgehead atoms.